The number of nitrogens with zero attached hydrogens (tertiary/aromatic N) is 3. The topological polar surface area (TPSA) is 87.5 Å². The number of allylic oxidation sites excluding steroid dienone is 1. The molecule has 130 valence electrons. The fraction of sp³-hybridized carbons (Fsp3) is 0.588. The van der Waals surface area contributed by atoms with Gasteiger partial charge in [0.2, 0.25) is 0 Å². The summed E-state index contributed by atoms with van der Waals surface area (Å²) in [5.74, 6) is -0.991. The summed E-state index contributed by atoms with van der Waals surface area (Å²) in [6.45, 7) is 1.40. The van der Waals surface area contributed by atoms with E-state index in [0.29, 0.717) is 25.4 Å². The normalized spacial score (nSPS) is 26.5. The van der Waals surface area contributed by atoms with Crippen molar-refractivity contribution in [3.63, 3.8) is 0 Å². The largest absolute Gasteiger partial charge is 0.481 e. The zero-order valence-corrected chi connectivity index (χ0v) is 13.9. The van der Waals surface area contributed by atoms with Crippen LogP contribution < -0.4 is 5.32 Å². The molecule has 7 nitrogen and oxygen atoms in total. The van der Waals surface area contributed by atoms with Crippen molar-refractivity contribution in [2.45, 2.75) is 25.2 Å². The van der Waals surface area contributed by atoms with E-state index in [1.165, 1.54) is 0 Å². The lowest BCUT2D eigenvalue weighted by atomic mass is 9.86. The zero-order chi connectivity index (χ0) is 17.1. The Bertz CT molecular complexity index is 640. The molecule has 0 spiro atoms. The summed E-state index contributed by atoms with van der Waals surface area (Å²) in [7, 11) is 1.83. The van der Waals surface area contributed by atoms with Crippen LogP contribution in [-0.4, -0.2) is 51.4 Å². The third-order valence-electron chi connectivity index (χ3n) is 4.91. The summed E-state index contributed by atoms with van der Waals surface area (Å²) < 4.78 is 1.70. The average Bonchev–Trinajstić information content (AvgIpc) is 3.23. The Morgan fingerprint density at radius 1 is 1.42 bits per heavy atom. The molecule has 0 bridgehead atoms. The number of carboxylic acids is 1. The van der Waals surface area contributed by atoms with Crippen molar-refractivity contribution in [3.05, 3.63) is 30.1 Å². The van der Waals surface area contributed by atoms with Gasteiger partial charge >= 0.3 is 12.0 Å². The highest BCUT2D eigenvalue weighted by Crippen LogP contribution is 2.30. The second kappa shape index (κ2) is 7.07. The molecule has 1 aromatic rings. The van der Waals surface area contributed by atoms with E-state index in [1.54, 1.807) is 15.8 Å². The van der Waals surface area contributed by atoms with Crippen molar-refractivity contribution in [1.29, 1.82) is 0 Å². The number of likely N-dealkylation sites (tertiary alicyclic amines) is 1. The summed E-state index contributed by atoms with van der Waals surface area (Å²) in [4.78, 5) is 25.6. The van der Waals surface area contributed by atoms with Crippen LogP contribution in [0.25, 0.3) is 0 Å². The number of piperidine rings is 1. The van der Waals surface area contributed by atoms with Crippen molar-refractivity contribution in [2.75, 3.05) is 19.6 Å². The smallest absolute Gasteiger partial charge is 0.317 e. The van der Waals surface area contributed by atoms with Crippen molar-refractivity contribution < 1.29 is 14.7 Å². The monoisotopic (exact) mass is 332 g/mol. The molecule has 3 unspecified atom stereocenters. The molecule has 1 aromatic heterocycles. The molecule has 1 fully saturated rings. The Kier molecular flexibility index (Phi) is 4.87. The van der Waals surface area contributed by atoms with Gasteiger partial charge in [-0.2, -0.15) is 5.10 Å². The van der Waals surface area contributed by atoms with Crippen LogP contribution in [0.2, 0.25) is 0 Å². The minimum absolute atomic E-state index is 0.00526. The van der Waals surface area contributed by atoms with Crippen molar-refractivity contribution in [3.8, 4) is 0 Å². The highest BCUT2D eigenvalue weighted by molar-refractivity contribution is 5.76. The SMILES string of the molecule is Cn1cc(C2CC(C(=O)O)CN(C(=O)NCC3C=CCC3)C2)cn1. The molecule has 3 rings (SSSR count). The predicted octanol–water partition coefficient (Wildman–Crippen LogP) is 1.59. The number of aryl methyl sites for hydroxylation is 1. The van der Waals surface area contributed by atoms with Gasteiger partial charge in [-0.3, -0.25) is 9.48 Å². The molecule has 3 atom stereocenters. The van der Waals surface area contributed by atoms with Crippen LogP contribution in [-0.2, 0) is 11.8 Å². The molecule has 0 saturated carbocycles. The van der Waals surface area contributed by atoms with E-state index in [0.717, 1.165) is 18.4 Å². The van der Waals surface area contributed by atoms with Gasteiger partial charge in [-0.25, -0.2) is 4.79 Å². The molecule has 24 heavy (non-hydrogen) atoms. The van der Waals surface area contributed by atoms with Crippen LogP contribution in [0.5, 0.6) is 0 Å². The average molecular weight is 332 g/mol. The number of aliphatic carboxylic acids is 1. The second-order valence-corrected chi connectivity index (χ2v) is 6.77. The summed E-state index contributed by atoms with van der Waals surface area (Å²) in [6, 6.07) is -0.171. The Morgan fingerprint density at radius 3 is 2.88 bits per heavy atom. The molecule has 1 saturated heterocycles. The van der Waals surface area contributed by atoms with Gasteiger partial charge in [0.1, 0.15) is 0 Å². The number of aromatic nitrogens is 2. The highest BCUT2D eigenvalue weighted by atomic mass is 16.4. The van der Waals surface area contributed by atoms with E-state index in [4.69, 9.17) is 0 Å². The molecule has 2 heterocycles. The van der Waals surface area contributed by atoms with Crippen LogP contribution >= 0.6 is 0 Å². The van der Waals surface area contributed by atoms with Gasteiger partial charge in [0.25, 0.3) is 0 Å². The number of carbonyl (C=O) groups is 2. The Balaban J connectivity index is 1.65. The van der Waals surface area contributed by atoms with Gasteiger partial charge < -0.3 is 15.3 Å². The van der Waals surface area contributed by atoms with Crippen LogP contribution in [0.3, 0.4) is 0 Å². The standard InChI is InChI=1S/C17H24N4O3/c1-20-9-15(8-19-20)13-6-14(16(22)23)11-21(10-13)17(24)18-7-12-4-2-3-5-12/h2,4,8-9,12-14H,3,5-7,10-11H2,1H3,(H,18,24)(H,22,23). The minimum atomic E-state index is -0.847. The Morgan fingerprint density at radius 2 is 2.25 bits per heavy atom. The number of amides is 2. The fourth-order valence-electron chi connectivity index (χ4n) is 3.53. The summed E-state index contributed by atoms with van der Waals surface area (Å²) in [5.41, 5.74) is 0.986. The zero-order valence-electron chi connectivity index (χ0n) is 13.9. The van der Waals surface area contributed by atoms with E-state index >= 15 is 0 Å². The first kappa shape index (κ1) is 16.5. The second-order valence-electron chi connectivity index (χ2n) is 6.77. The third kappa shape index (κ3) is 3.77. The summed E-state index contributed by atoms with van der Waals surface area (Å²) in [5, 5.41) is 16.5. The van der Waals surface area contributed by atoms with E-state index < -0.39 is 11.9 Å². The molecular weight excluding hydrogens is 308 g/mol. The molecule has 2 aliphatic rings. The maximum atomic E-state index is 12.5. The number of hydrogen-bond donors (Lipinski definition) is 2. The lowest BCUT2D eigenvalue weighted by Crippen LogP contribution is -2.50. The molecule has 0 aromatic carbocycles. The maximum Gasteiger partial charge on any atom is 0.317 e. The Hall–Kier alpha value is -2.31. The quantitative estimate of drug-likeness (QED) is 0.820. The predicted molar refractivity (Wildman–Crippen MR) is 88.5 cm³/mol. The number of carbonyl (C=O) groups excluding carboxylic acids is 1. The molecular formula is C17H24N4O3. The van der Waals surface area contributed by atoms with Gasteiger partial charge in [0, 0.05) is 38.8 Å². The molecule has 2 N–H and O–H groups in total. The van der Waals surface area contributed by atoms with Gasteiger partial charge in [-0.05, 0) is 30.7 Å². The van der Waals surface area contributed by atoms with Crippen LogP contribution in [0.15, 0.2) is 24.5 Å². The lowest BCUT2D eigenvalue weighted by molar-refractivity contribution is -0.143. The molecule has 1 aliphatic heterocycles. The minimum Gasteiger partial charge on any atom is -0.481 e. The number of rotatable bonds is 4. The van der Waals surface area contributed by atoms with Crippen molar-refractivity contribution in [2.24, 2.45) is 18.9 Å². The van der Waals surface area contributed by atoms with Gasteiger partial charge in [0.15, 0.2) is 0 Å². The third-order valence-corrected chi connectivity index (χ3v) is 4.91. The first-order chi connectivity index (χ1) is 11.5. The van der Waals surface area contributed by atoms with E-state index in [-0.39, 0.29) is 18.5 Å². The van der Waals surface area contributed by atoms with E-state index in [9.17, 15) is 14.7 Å². The molecule has 1 aliphatic carbocycles. The molecule has 0 radical (unpaired) electrons. The summed E-state index contributed by atoms with van der Waals surface area (Å²) >= 11 is 0. The molecule has 2 amide bonds. The number of nitrogens with one attached hydrogen (secondary N) is 1. The Labute approximate surface area is 141 Å². The first-order valence-corrected chi connectivity index (χ1v) is 8.43. The molecule has 7 heteroatoms. The maximum absolute atomic E-state index is 12.5. The number of hydrogen-bond acceptors (Lipinski definition) is 3. The van der Waals surface area contributed by atoms with Gasteiger partial charge in [-0.15, -0.1) is 0 Å². The summed E-state index contributed by atoms with van der Waals surface area (Å²) in [6.07, 6.45) is 10.6. The number of carboxylic acid groups (broad SMARTS) is 1. The number of urea groups is 1. The highest BCUT2D eigenvalue weighted by Gasteiger charge is 2.35. The van der Waals surface area contributed by atoms with Crippen LogP contribution in [0.1, 0.15) is 30.7 Å². The van der Waals surface area contributed by atoms with Gasteiger partial charge in [-0.1, -0.05) is 12.2 Å². The van der Waals surface area contributed by atoms with Crippen molar-refractivity contribution >= 4 is 12.0 Å². The van der Waals surface area contributed by atoms with E-state index in [2.05, 4.69) is 22.6 Å². The van der Waals surface area contributed by atoms with Crippen molar-refractivity contribution in [1.82, 2.24) is 20.0 Å². The van der Waals surface area contributed by atoms with Crippen LogP contribution in [0.4, 0.5) is 4.79 Å². The van der Waals surface area contributed by atoms with E-state index in [1.807, 2.05) is 13.2 Å². The van der Waals surface area contributed by atoms with Gasteiger partial charge in [0.05, 0.1) is 12.1 Å². The lowest BCUT2D eigenvalue weighted by Gasteiger charge is -2.36. The first-order valence-electron chi connectivity index (χ1n) is 8.43. The van der Waals surface area contributed by atoms with Crippen LogP contribution in [0, 0.1) is 11.8 Å². The fourth-order valence-corrected chi connectivity index (χ4v) is 3.53.